The summed E-state index contributed by atoms with van der Waals surface area (Å²) >= 11 is 0. The monoisotopic (exact) mass is 1910 g/mol. The summed E-state index contributed by atoms with van der Waals surface area (Å²) in [6, 6.07) is 94.8. The fourth-order valence-electron chi connectivity index (χ4n) is 14.0. The summed E-state index contributed by atoms with van der Waals surface area (Å²) < 4.78 is 16.5. The molecule has 0 aliphatic rings. The zero-order chi connectivity index (χ0) is 91.5. The van der Waals surface area contributed by atoms with Crippen LogP contribution in [0.4, 0.5) is 0 Å². The Balaban J connectivity index is -0.000000741. The Labute approximate surface area is 828 Å². The number of rotatable bonds is 39. The van der Waals surface area contributed by atoms with Crippen molar-refractivity contribution in [3.05, 3.63) is 319 Å². The molecule has 9 aromatic rings. The van der Waals surface area contributed by atoms with Gasteiger partial charge in [0.15, 0.2) is 0 Å². The van der Waals surface area contributed by atoms with Crippen LogP contribution in [-0.4, -0.2) is 97.5 Å². The summed E-state index contributed by atoms with van der Waals surface area (Å²) in [6.45, 7) is 34.0. The van der Waals surface area contributed by atoms with E-state index in [4.69, 9.17) is 25.1 Å². The lowest BCUT2D eigenvalue weighted by atomic mass is 9.94. The van der Waals surface area contributed by atoms with Crippen molar-refractivity contribution in [1.82, 2.24) is 9.80 Å². The third-order valence-corrected chi connectivity index (χ3v) is 24.4. The van der Waals surface area contributed by atoms with E-state index in [-0.39, 0.29) is 148 Å². The Kier molecular flexibility index (Phi) is 74.2. The van der Waals surface area contributed by atoms with Crippen molar-refractivity contribution in [3.63, 3.8) is 0 Å². The number of carbonyl (C=O) groups excluding carboxylic acids is 4. The minimum absolute atomic E-state index is 0. The number of carboxylic acids is 1. The number of aryl methyl sites for hydroxylation is 1. The zero-order valence-electron chi connectivity index (χ0n) is 81.4. The molecule has 13 nitrogen and oxygen atoms in total. The van der Waals surface area contributed by atoms with E-state index in [2.05, 4.69) is 235 Å². The van der Waals surface area contributed by atoms with Gasteiger partial charge in [0.05, 0.1) is 12.8 Å². The van der Waals surface area contributed by atoms with Crippen LogP contribution in [0.1, 0.15) is 285 Å². The Morgan fingerprint density at radius 2 is 0.715 bits per heavy atom. The minimum atomic E-state index is -2.29. The maximum absolute atomic E-state index is 12.9. The molecular formula is C110H166N3O10PS6. The van der Waals surface area contributed by atoms with Crippen LogP contribution < -0.4 is 21.6 Å². The summed E-state index contributed by atoms with van der Waals surface area (Å²) in [6.07, 6.45) is 22.6. The first-order valence-corrected chi connectivity index (χ1v) is 47.3. The first-order valence-electron chi connectivity index (χ1n) is 45.4. The lowest BCUT2D eigenvalue weighted by molar-refractivity contribution is -0.157. The van der Waals surface area contributed by atoms with Crippen LogP contribution in [0, 0.1) is 0 Å². The van der Waals surface area contributed by atoms with Crippen LogP contribution in [0.5, 0.6) is 0 Å². The molecule has 0 amide bonds. The van der Waals surface area contributed by atoms with Crippen molar-refractivity contribution in [3.8, 4) is 0 Å². The van der Waals surface area contributed by atoms with Crippen LogP contribution >= 0.6 is 87.9 Å². The van der Waals surface area contributed by atoms with Gasteiger partial charge in [0, 0.05) is 68.2 Å². The minimum Gasteiger partial charge on any atom is -0.481 e. The molecular weight excluding hydrogens is 1750 g/mol. The fourth-order valence-corrected chi connectivity index (χ4v) is 17.6. The third-order valence-electron chi connectivity index (χ3n) is 20.4. The molecule has 9 rings (SSSR count). The number of unbranched alkanes of at least 4 members (excludes halogenated alkanes) is 6. The molecule has 0 saturated heterocycles. The summed E-state index contributed by atoms with van der Waals surface area (Å²) in [4.78, 5) is 62.6. The van der Waals surface area contributed by atoms with Crippen molar-refractivity contribution in [1.29, 1.82) is 0 Å². The first kappa shape index (κ1) is 129. The molecule has 0 saturated carbocycles. The number of hydrogen-bond donors (Lipinski definition) is 3. The van der Waals surface area contributed by atoms with E-state index in [0.29, 0.717) is 12.3 Å². The maximum Gasteiger partial charge on any atom is 0.332 e. The molecule has 9 aromatic carbocycles. The first-order chi connectivity index (χ1) is 59.4. The maximum atomic E-state index is 12.9. The van der Waals surface area contributed by atoms with Crippen molar-refractivity contribution in [2.75, 3.05) is 6.61 Å². The molecule has 20 heteroatoms. The van der Waals surface area contributed by atoms with Gasteiger partial charge in [0.1, 0.15) is 23.1 Å². The normalized spacial score (nSPS) is 12.1. The molecule has 0 bridgehead atoms. The van der Waals surface area contributed by atoms with Gasteiger partial charge in [-0.05, 0) is 190 Å². The average molecular weight is 1910 g/mol. The highest BCUT2D eigenvalue weighted by molar-refractivity contribution is 7.95. The molecule has 0 aliphatic carbocycles. The predicted molar refractivity (Wildman–Crippen MR) is 587 cm³/mol. The number of esters is 3. The number of aliphatic carboxylic acids is 1. The summed E-state index contributed by atoms with van der Waals surface area (Å²) in [5.41, 5.74) is 12.0. The van der Waals surface area contributed by atoms with Crippen molar-refractivity contribution < 1.29 is 48.4 Å². The number of ether oxygens (including phenoxy) is 3. The lowest BCUT2D eigenvalue weighted by Crippen LogP contribution is -2.39. The second-order valence-electron chi connectivity index (χ2n) is 34.6. The van der Waals surface area contributed by atoms with Gasteiger partial charge < -0.3 is 35.0 Å². The molecule has 0 fully saturated rings. The average Bonchev–Trinajstić information content (AvgIpc) is 0.754. The highest BCUT2D eigenvalue weighted by atomic mass is 32.1. The Morgan fingerprint density at radius 1 is 0.392 bits per heavy atom. The lowest BCUT2D eigenvalue weighted by Gasteiger charge is -2.37. The molecule has 0 aliphatic heterocycles. The van der Waals surface area contributed by atoms with Gasteiger partial charge >= 0.3 is 23.9 Å². The zero-order valence-corrected chi connectivity index (χ0v) is 88.3. The molecule has 0 radical (unpaired) electrons. The topological polar surface area (TPSA) is 186 Å². The molecule has 722 valence electrons. The van der Waals surface area contributed by atoms with Crippen LogP contribution in [0.3, 0.4) is 0 Å². The number of allylic oxidation sites excluding steroid dienone is 1. The van der Waals surface area contributed by atoms with Crippen LogP contribution in [0.25, 0.3) is 0 Å². The second kappa shape index (κ2) is 74.9. The van der Waals surface area contributed by atoms with E-state index < -0.39 is 24.1 Å². The molecule has 130 heavy (non-hydrogen) atoms. The Morgan fingerprint density at radius 3 is 1.04 bits per heavy atom. The summed E-state index contributed by atoms with van der Waals surface area (Å²) in [5, 5.41) is 21.2. The molecule has 0 aromatic heterocycles. The molecule has 0 unspecified atom stereocenters. The largest absolute Gasteiger partial charge is 0.481 e. The van der Waals surface area contributed by atoms with E-state index in [1.807, 2.05) is 177 Å². The van der Waals surface area contributed by atoms with E-state index >= 15 is 0 Å². The van der Waals surface area contributed by atoms with Crippen LogP contribution in [-0.2, 0) is 57.7 Å². The molecule has 6 atom stereocenters. The van der Waals surface area contributed by atoms with Gasteiger partial charge in [-0.25, -0.2) is 9.59 Å². The fraction of sp³-hybridized carbons (Fsp3) is 0.436. The second-order valence-corrected chi connectivity index (χ2v) is 37.9. The number of hydrogen-bond acceptors (Lipinski definition) is 12. The van der Waals surface area contributed by atoms with E-state index in [9.17, 15) is 29.1 Å². The number of aliphatic hydroxyl groups is 1. The van der Waals surface area contributed by atoms with Gasteiger partial charge in [0.2, 0.25) is 0 Å². The number of aldehydes is 1. The number of nitrogens with zero attached hydrogens (tertiary/aromatic N) is 2. The standard InChI is InChI=1S/C26H37NO2.C24H25O2P.C22H29NO2.C16H18.C11H20O2.C6H15NO.C5H10O.6H2S/c1-6-7-18-24(19-25(28)29-26(3,4)5)27(20-22-14-10-8-11-15-22)21(2)23-16-12-9-13-17-23;1-24(2,3)26-23(25)19-27(20-13-7-4-8-14-20,21-15-9-5-10-16-21)22-17-11-6-12-18-22;1-3-4-15-21(16-22(24)25)23(17-19-11-7-5-8-12-19)18(2)20-13-9-6-10-14-20;1-14(16-10-6-3-7-11-16)12-13-15-8-4-2-5-9-15;1-5-6-7-8-9-10(12)13-11(2,3)4;1-2-3-6(7)4-5-8;1-2-3-4-5-6;;;;;;/h8-17,21,24H,6-7,18-20H2,1-5H3;4-19H,1-3H3;5-14,18,21H,3-4,15-17H2,1-2H3,(H,24,25);2-11,14H,12-13H2,1H3;8-9H,5-7H2,1-4H3;6,8H,2-5,7H2,1H3;5H,2-4H2,1H3;6*1H2/b;;;;9-8+;;;;;;;;/t21-,24-;;18-,21-;14-;;6-;;;;;;;/m0.01.0......./s1. The van der Waals surface area contributed by atoms with Crippen molar-refractivity contribution in [2.24, 2.45) is 5.73 Å². The number of nitrogens with two attached hydrogens (primary N) is 1. The van der Waals surface area contributed by atoms with Gasteiger partial charge in [-0.3, -0.25) is 19.4 Å². The predicted octanol–water partition coefficient (Wildman–Crippen LogP) is 26.0. The number of carbonyl (C=O) groups is 5. The third kappa shape index (κ3) is 56.5. The van der Waals surface area contributed by atoms with Gasteiger partial charge in [-0.15, -0.1) is 0 Å². The highest BCUT2D eigenvalue weighted by Crippen LogP contribution is 2.44. The highest BCUT2D eigenvalue weighted by Gasteiger charge is 2.32. The van der Waals surface area contributed by atoms with Gasteiger partial charge in [0.25, 0.3) is 0 Å². The summed E-state index contributed by atoms with van der Waals surface area (Å²) in [5.74, 6) is 1.09. The molecule has 0 heterocycles. The smallest absolute Gasteiger partial charge is 0.332 e. The number of benzene rings is 9. The van der Waals surface area contributed by atoms with Gasteiger partial charge in [-0.1, -0.05) is 372 Å². The Bertz CT molecular complexity index is 4240. The van der Waals surface area contributed by atoms with E-state index in [1.54, 1.807) is 0 Å². The van der Waals surface area contributed by atoms with Gasteiger partial charge in [-0.2, -0.15) is 81.0 Å². The number of aliphatic hydroxyl groups excluding tert-OH is 1. The SMILES string of the molecule is CC(C)(C)OC(=O)C=P(c1ccccc1)(c1ccccc1)c1ccccc1.CCCC/C=C/C(=O)OC(C)(C)C.CCCCC=O.CCCC[C@@H](CC(=O)O)N(Cc1ccccc1)[C@@H](C)c1ccccc1.CCCC[C@@H](CC(=O)OC(C)(C)C)N(Cc1ccccc1)[C@@H](C)c1ccccc1.CCC[C@H](N)CCO.C[C@H](CCc1ccccc1)c1ccccc1.S.S.S.S.S.S. The van der Waals surface area contributed by atoms with Crippen molar-refractivity contribution >= 4 is 140 Å². The molecule has 0 spiro atoms. The molecule has 4 N–H and O–H groups in total. The quantitative estimate of drug-likeness (QED) is 0.00826. The van der Waals surface area contributed by atoms with Crippen LogP contribution in [0.2, 0.25) is 0 Å². The summed E-state index contributed by atoms with van der Waals surface area (Å²) in [7, 11) is 0. The van der Waals surface area contributed by atoms with Crippen LogP contribution in [0.15, 0.2) is 285 Å². The van der Waals surface area contributed by atoms with E-state index in [0.717, 1.165) is 138 Å². The van der Waals surface area contributed by atoms with E-state index in [1.165, 1.54) is 45.9 Å². The Hall–Kier alpha value is -7.49. The number of carboxylic acid groups (broad SMARTS) is 1. The van der Waals surface area contributed by atoms with Crippen molar-refractivity contribution in [2.45, 2.75) is 306 Å².